The van der Waals surface area contributed by atoms with Crippen molar-refractivity contribution in [3.8, 4) is 0 Å². The fourth-order valence-corrected chi connectivity index (χ4v) is 2.17. The standard InChI is InChI=1S/C13H17BrN6O2/c1-7-9(14)5-20(17-7)8(2)12(21)16-10-6-19(4)18-11(10)13(22)15-3/h5-6,8H,1-4H3,(H,15,22)(H,16,21)/t8-/m0/s1. The van der Waals surface area contributed by atoms with Crippen LogP contribution in [0.15, 0.2) is 16.9 Å². The lowest BCUT2D eigenvalue weighted by molar-refractivity contribution is -0.119. The first-order valence-corrected chi connectivity index (χ1v) is 7.40. The molecule has 0 saturated heterocycles. The van der Waals surface area contributed by atoms with Crippen LogP contribution < -0.4 is 10.6 Å². The molecular weight excluding hydrogens is 352 g/mol. The number of halogens is 1. The van der Waals surface area contributed by atoms with E-state index >= 15 is 0 Å². The lowest BCUT2D eigenvalue weighted by Gasteiger charge is -2.12. The Balaban J connectivity index is 2.20. The van der Waals surface area contributed by atoms with Crippen LogP contribution in [0.25, 0.3) is 0 Å². The molecule has 0 spiro atoms. The van der Waals surface area contributed by atoms with E-state index in [1.165, 1.54) is 11.7 Å². The molecule has 1 atom stereocenters. The van der Waals surface area contributed by atoms with Crippen LogP contribution in [0.3, 0.4) is 0 Å². The predicted molar refractivity (Wildman–Crippen MR) is 84.6 cm³/mol. The van der Waals surface area contributed by atoms with Gasteiger partial charge < -0.3 is 10.6 Å². The third kappa shape index (κ3) is 3.19. The minimum Gasteiger partial charge on any atom is -0.354 e. The van der Waals surface area contributed by atoms with Crippen molar-refractivity contribution < 1.29 is 9.59 Å². The van der Waals surface area contributed by atoms with Crippen molar-refractivity contribution in [1.29, 1.82) is 0 Å². The molecule has 0 unspecified atom stereocenters. The summed E-state index contributed by atoms with van der Waals surface area (Å²) in [5, 5.41) is 13.5. The average molecular weight is 369 g/mol. The van der Waals surface area contributed by atoms with Crippen LogP contribution in [0, 0.1) is 6.92 Å². The van der Waals surface area contributed by atoms with Crippen LogP contribution in [0.2, 0.25) is 0 Å². The van der Waals surface area contributed by atoms with Gasteiger partial charge in [0.25, 0.3) is 5.91 Å². The SMILES string of the molecule is CNC(=O)c1nn(C)cc1NC(=O)[C@H](C)n1cc(Br)c(C)n1. The molecule has 2 amide bonds. The van der Waals surface area contributed by atoms with E-state index in [0.29, 0.717) is 5.69 Å². The Morgan fingerprint density at radius 1 is 1.32 bits per heavy atom. The number of anilines is 1. The Bertz CT molecular complexity index is 701. The molecule has 0 saturated carbocycles. The van der Waals surface area contributed by atoms with Gasteiger partial charge in [0.05, 0.1) is 15.9 Å². The highest BCUT2D eigenvalue weighted by molar-refractivity contribution is 9.10. The molecule has 2 rings (SSSR count). The van der Waals surface area contributed by atoms with E-state index in [9.17, 15) is 9.59 Å². The number of amides is 2. The molecule has 2 aromatic rings. The van der Waals surface area contributed by atoms with Crippen molar-refractivity contribution in [2.45, 2.75) is 19.9 Å². The molecule has 2 aromatic heterocycles. The van der Waals surface area contributed by atoms with Crippen LogP contribution in [-0.4, -0.2) is 38.4 Å². The van der Waals surface area contributed by atoms with Crippen LogP contribution in [0.1, 0.15) is 29.1 Å². The molecule has 9 heteroatoms. The number of rotatable bonds is 4. The summed E-state index contributed by atoms with van der Waals surface area (Å²) in [7, 11) is 3.19. The summed E-state index contributed by atoms with van der Waals surface area (Å²) in [6.45, 7) is 3.57. The number of carbonyl (C=O) groups is 2. The molecule has 118 valence electrons. The lowest BCUT2D eigenvalue weighted by Crippen LogP contribution is -2.26. The largest absolute Gasteiger partial charge is 0.354 e. The minimum atomic E-state index is -0.525. The zero-order valence-corrected chi connectivity index (χ0v) is 14.3. The molecule has 0 aromatic carbocycles. The quantitative estimate of drug-likeness (QED) is 0.848. The summed E-state index contributed by atoms with van der Waals surface area (Å²) in [6.07, 6.45) is 3.32. The molecule has 0 aliphatic carbocycles. The molecule has 0 fully saturated rings. The highest BCUT2D eigenvalue weighted by Gasteiger charge is 2.21. The second-order valence-corrected chi connectivity index (χ2v) is 5.71. The smallest absolute Gasteiger partial charge is 0.273 e. The molecule has 0 radical (unpaired) electrons. The van der Waals surface area contributed by atoms with Crippen molar-refractivity contribution in [1.82, 2.24) is 24.9 Å². The number of hydrogen-bond acceptors (Lipinski definition) is 4. The van der Waals surface area contributed by atoms with Gasteiger partial charge in [0.2, 0.25) is 5.91 Å². The molecule has 0 aliphatic heterocycles. The van der Waals surface area contributed by atoms with Crippen molar-refractivity contribution in [3.05, 3.63) is 28.3 Å². The van der Waals surface area contributed by atoms with Gasteiger partial charge in [-0.2, -0.15) is 10.2 Å². The topological polar surface area (TPSA) is 93.8 Å². The van der Waals surface area contributed by atoms with Crippen molar-refractivity contribution >= 4 is 33.4 Å². The Morgan fingerprint density at radius 3 is 2.55 bits per heavy atom. The van der Waals surface area contributed by atoms with E-state index in [-0.39, 0.29) is 17.5 Å². The summed E-state index contributed by atoms with van der Waals surface area (Å²) < 4.78 is 3.86. The Morgan fingerprint density at radius 2 is 2.00 bits per heavy atom. The summed E-state index contributed by atoms with van der Waals surface area (Å²) in [5.41, 5.74) is 1.33. The van der Waals surface area contributed by atoms with Gasteiger partial charge >= 0.3 is 0 Å². The maximum absolute atomic E-state index is 12.3. The summed E-state index contributed by atoms with van der Waals surface area (Å²) >= 11 is 3.36. The highest BCUT2D eigenvalue weighted by atomic mass is 79.9. The van der Waals surface area contributed by atoms with Crippen molar-refractivity contribution in [2.75, 3.05) is 12.4 Å². The van der Waals surface area contributed by atoms with Crippen molar-refractivity contribution in [3.63, 3.8) is 0 Å². The predicted octanol–water partition coefficient (Wildman–Crippen LogP) is 1.25. The second kappa shape index (κ2) is 6.30. The summed E-state index contributed by atoms with van der Waals surface area (Å²) in [4.78, 5) is 24.1. The van der Waals surface area contributed by atoms with Gasteiger partial charge in [0.15, 0.2) is 5.69 Å². The average Bonchev–Trinajstić information content (AvgIpc) is 3.00. The summed E-state index contributed by atoms with van der Waals surface area (Å²) in [6, 6.07) is -0.525. The van der Waals surface area contributed by atoms with Gasteiger partial charge in [-0.15, -0.1) is 0 Å². The van der Waals surface area contributed by atoms with Gasteiger partial charge in [-0.05, 0) is 29.8 Å². The lowest BCUT2D eigenvalue weighted by atomic mass is 10.3. The molecule has 2 N–H and O–H groups in total. The molecule has 8 nitrogen and oxygen atoms in total. The van der Waals surface area contributed by atoms with Crippen molar-refractivity contribution in [2.24, 2.45) is 7.05 Å². The minimum absolute atomic E-state index is 0.170. The second-order valence-electron chi connectivity index (χ2n) is 4.85. The number of aryl methyl sites for hydroxylation is 2. The number of nitrogens with one attached hydrogen (secondary N) is 2. The molecule has 22 heavy (non-hydrogen) atoms. The van der Waals surface area contributed by atoms with E-state index in [1.54, 1.807) is 31.0 Å². The van der Waals surface area contributed by atoms with E-state index < -0.39 is 6.04 Å². The highest BCUT2D eigenvalue weighted by Crippen LogP contribution is 2.19. The van der Waals surface area contributed by atoms with Gasteiger partial charge in [-0.25, -0.2) is 0 Å². The Kier molecular flexibility index (Phi) is 4.65. The first-order chi connectivity index (χ1) is 10.3. The zero-order valence-electron chi connectivity index (χ0n) is 12.7. The van der Waals surface area contributed by atoms with Gasteiger partial charge in [0, 0.05) is 26.5 Å². The molecular formula is C13H17BrN6O2. The van der Waals surface area contributed by atoms with E-state index in [4.69, 9.17) is 0 Å². The maximum Gasteiger partial charge on any atom is 0.273 e. The fraction of sp³-hybridized carbons (Fsp3) is 0.385. The Hall–Kier alpha value is -2.16. The van der Waals surface area contributed by atoms with E-state index in [0.717, 1.165) is 10.2 Å². The Labute approximate surface area is 136 Å². The molecule has 0 bridgehead atoms. The first kappa shape index (κ1) is 16.2. The summed E-state index contributed by atoms with van der Waals surface area (Å²) in [5.74, 6) is -0.644. The van der Waals surface area contributed by atoms with Gasteiger partial charge in [0.1, 0.15) is 6.04 Å². The molecule has 2 heterocycles. The van der Waals surface area contributed by atoms with Gasteiger partial charge in [-0.3, -0.25) is 19.0 Å². The molecule has 0 aliphatic rings. The fourth-order valence-electron chi connectivity index (χ4n) is 1.88. The number of carbonyl (C=O) groups excluding carboxylic acids is 2. The van der Waals surface area contributed by atoms with Crippen LogP contribution in [0.5, 0.6) is 0 Å². The third-order valence-electron chi connectivity index (χ3n) is 3.16. The van der Waals surface area contributed by atoms with E-state index in [1.807, 2.05) is 6.92 Å². The maximum atomic E-state index is 12.3. The monoisotopic (exact) mass is 368 g/mol. The number of nitrogens with zero attached hydrogens (tertiary/aromatic N) is 4. The van der Waals surface area contributed by atoms with Crippen LogP contribution in [0.4, 0.5) is 5.69 Å². The zero-order chi connectivity index (χ0) is 16.4. The first-order valence-electron chi connectivity index (χ1n) is 6.61. The van der Waals surface area contributed by atoms with Crippen LogP contribution >= 0.6 is 15.9 Å². The third-order valence-corrected chi connectivity index (χ3v) is 3.94. The number of hydrogen-bond donors (Lipinski definition) is 2. The van der Waals surface area contributed by atoms with E-state index in [2.05, 4.69) is 36.8 Å². The van der Waals surface area contributed by atoms with Crippen LogP contribution in [-0.2, 0) is 11.8 Å². The van der Waals surface area contributed by atoms with Gasteiger partial charge in [-0.1, -0.05) is 0 Å². The normalized spacial score (nSPS) is 12.0. The number of aromatic nitrogens is 4.